The predicted molar refractivity (Wildman–Crippen MR) is 62.1 cm³/mol. The first kappa shape index (κ1) is 12.9. The van der Waals surface area contributed by atoms with Gasteiger partial charge < -0.3 is 9.84 Å². The second kappa shape index (κ2) is 5.90. The van der Waals surface area contributed by atoms with Gasteiger partial charge in [0.05, 0.1) is 19.1 Å². The Kier molecular flexibility index (Phi) is 4.24. The molecule has 1 saturated carbocycles. The van der Waals surface area contributed by atoms with Crippen LogP contribution in [0.2, 0.25) is 0 Å². The number of carbonyl (C=O) groups is 1. The molecule has 1 unspecified atom stereocenters. The van der Waals surface area contributed by atoms with Gasteiger partial charge in [-0.2, -0.15) is 0 Å². The zero-order chi connectivity index (χ0) is 13.0. The molecule has 1 atom stereocenters. The number of tetrazole rings is 1. The van der Waals surface area contributed by atoms with Crippen LogP contribution in [0.25, 0.3) is 0 Å². The van der Waals surface area contributed by atoms with Gasteiger partial charge in [0.25, 0.3) is 0 Å². The highest BCUT2D eigenvalue weighted by Gasteiger charge is 2.24. The number of hydrogen-bond acceptors (Lipinski definition) is 5. The summed E-state index contributed by atoms with van der Waals surface area (Å²) in [5, 5.41) is 20.5. The summed E-state index contributed by atoms with van der Waals surface area (Å²) in [6.45, 7) is 0.391. The fourth-order valence-electron chi connectivity index (χ4n) is 2.43. The fraction of sp³-hybridized carbons (Fsp3) is 0.818. The second-order valence-electron chi connectivity index (χ2n) is 4.66. The molecule has 0 spiro atoms. The lowest BCUT2D eigenvalue weighted by molar-refractivity contribution is -0.140. The third kappa shape index (κ3) is 3.04. The van der Waals surface area contributed by atoms with Crippen molar-refractivity contribution < 1.29 is 14.6 Å². The maximum atomic E-state index is 10.7. The molecular formula is C11H18N4O3. The maximum Gasteiger partial charge on any atom is 0.306 e. The van der Waals surface area contributed by atoms with Crippen molar-refractivity contribution in [3.05, 3.63) is 5.82 Å². The summed E-state index contributed by atoms with van der Waals surface area (Å²) in [6, 6.07) is 0. The van der Waals surface area contributed by atoms with E-state index in [4.69, 9.17) is 9.84 Å². The van der Waals surface area contributed by atoms with Crippen LogP contribution in [-0.4, -0.2) is 44.5 Å². The third-order valence-corrected chi connectivity index (χ3v) is 3.39. The van der Waals surface area contributed by atoms with E-state index in [-0.39, 0.29) is 6.42 Å². The number of nitrogens with zero attached hydrogens (tertiary/aromatic N) is 4. The Morgan fingerprint density at radius 1 is 1.56 bits per heavy atom. The molecule has 0 aliphatic heterocycles. The Balaban J connectivity index is 2.03. The molecule has 1 aromatic rings. The topological polar surface area (TPSA) is 90.1 Å². The van der Waals surface area contributed by atoms with Crippen LogP contribution in [0.4, 0.5) is 0 Å². The van der Waals surface area contributed by atoms with Crippen LogP contribution in [0, 0.1) is 0 Å². The SMILES string of the molecule is COC(CC(=O)O)Cn1nnnc1C1CCCC1. The lowest BCUT2D eigenvalue weighted by atomic mass is 10.1. The molecular weight excluding hydrogens is 236 g/mol. The third-order valence-electron chi connectivity index (χ3n) is 3.39. The van der Waals surface area contributed by atoms with E-state index >= 15 is 0 Å². The highest BCUT2D eigenvalue weighted by atomic mass is 16.5. The normalized spacial score (nSPS) is 18.1. The summed E-state index contributed by atoms with van der Waals surface area (Å²) < 4.78 is 6.84. The van der Waals surface area contributed by atoms with E-state index in [1.54, 1.807) is 4.68 Å². The van der Waals surface area contributed by atoms with E-state index in [1.165, 1.54) is 20.0 Å². The van der Waals surface area contributed by atoms with E-state index in [0.717, 1.165) is 18.7 Å². The first-order valence-corrected chi connectivity index (χ1v) is 6.21. The number of rotatable bonds is 6. The van der Waals surface area contributed by atoms with Gasteiger partial charge in [-0.25, -0.2) is 4.68 Å². The average molecular weight is 254 g/mol. The van der Waals surface area contributed by atoms with Gasteiger partial charge in [0.15, 0.2) is 5.82 Å². The van der Waals surface area contributed by atoms with Gasteiger partial charge in [-0.05, 0) is 23.3 Å². The van der Waals surface area contributed by atoms with Crippen LogP contribution in [0.5, 0.6) is 0 Å². The molecule has 0 aromatic carbocycles. The van der Waals surface area contributed by atoms with Crippen molar-refractivity contribution in [2.24, 2.45) is 0 Å². The Labute approximate surface area is 105 Å². The van der Waals surface area contributed by atoms with Crippen molar-refractivity contribution in [1.29, 1.82) is 0 Å². The number of carboxylic acids is 1. The molecule has 1 N–H and O–H groups in total. The van der Waals surface area contributed by atoms with Crippen LogP contribution in [0.1, 0.15) is 43.8 Å². The standard InChI is InChI=1S/C11H18N4O3/c1-18-9(6-10(16)17)7-15-11(12-13-14-15)8-4-2-3-5-8/h8-9H,2-7H2,1H3,(H,16,17). The van der Waals surface area contributed by atoms with Crippen LogP contribution >= 0.6 is 0 Å². The van der Waals surface area contributed by atoms with Crippen molar-refractivity contribution in [2.75, 3.05) is 7.11 Å². The quantitative estimate of drug-likeness (QED) is 0.808. The molecule has 1 aliphatic rings. The lowest BCUT2D eigenvalue weighted by Gasteiger charge is -2.15. The van der Waals surface area contributed by atoms with Crippen molar-refractivity contribution in [2.45, 2.75) is 50.7 Å². The van der Waals surface area contributed by atoms with Crippen LogP contribution in [-0.2, 0) is 16.1 Å². The minimum Gasteiger partial charge on any atom is -0.481 e. The molecule has 100 valence electrons. The highest BCUT2D eigenvalue weighted by Crippen LogP contribution is 2.32. The van der Waals surface area contributed by atoms with Gasteiger partial charge in [-0.3, -0.25) is 4.79 Å². The number of aliphatic carboxylic acids is 1. The molecule has 0 saturated heterocycles. The van der Waals surface area contributed by atoms with E-state index in [2.05, 4.69) is 15.5 Å². The lowest BCUT2D eigenvalue weighted by Crippen LogP contribution is -2.24. The molecule has 1 aromatic heterocycles. The van der Waals surface area contributed by atoms with E-state index in [0.29, 0.717) is 12.5 Å². The van der Waals surface area contributed by atoms with Crippen molar-refractivity contribution in [3.8, 4) is 0 Å². The average Bonchev–Trinajstić information content (AvgIpc) is 2.96. The summed E-state index contributed by atoms with van der Waals surface area (Å²) in [5.74, 6) is 0.389. The molecule has 0 radical (unpaired) electrons. The van der Waals surface area contributed by atoms with Crippen LogP contribution < -0.4 is 0 Å². The predicted octanol–water partition coefficient (Wildman–Crippen LogP) is 0.820. The van der Waals surface area contributed by atoms with Gasteiger partial charge in [0.1, 0.15) is 0 Å². The van der Waals surface area contributed by atoms with Gasteiger partial charge in [0, 0.05) is 13.0 Å². The molecule has 1 heterocycles. The maximum absolute atomic E-state index is 10.7. The monoisotopic (exact) mass is 254 g/mol. The van der Waals surface area contributed by atoms with Crippen LogP contribution in [0.3, 0.4) is 0 Å². The molecule has 1 fully saturated rings. The van der Waals surface area contributed by atoms with Gasteiger partial charge in [-0.15, -0.1) is 5.10 Å². The van der Waals surface area contributed by atoms with E-state index in [9.17, 15) is 4.79 Å². The van der Waals surface area contributed by atoms with E-state index < -0.39 is 12.1 Å². The largest absolute Gasteiger partial charge is 0.481 e. The van der Waals surface area contributed by atoms with Crippen molar-refractivity contribution >= 4 is 5.97 Å². The van der Waals surface area contributed by atoms with Gasteiger partial charge in [-0.1, -0.05) is 12.8 Å². The number of ether oxygens (including phenoxy) is 1. The number of methoxy groups -OCH3 is 1. The summed E-state index contributed by atoms with van der Waals surface area (Å²) >= 11 is 0. The molecule has 7 heteroatoms. The molecule has 7 nitrogen and oxygen atoms in total. The fourth-order valence-corrected chi connectivity index (χ4v) is 2.43. The summed E-state index contributed by atoms with van der Waals surface area (Å²) in [5.41, 5.74) is 0. The van der Waals surface area contributed by atoms with E-state index in [1.807, 2.05) is 0 Å². The zero-order valence-corrected chi connectivity index (χ0v) is 10.4. The number of carboxylic acid groups (broad SMARTS) is 1. The minimum absolute atomic E-state index is 0.0412. The highest BCUT2D eigenvalue weighted by molar-refractivity contribution is 5.67. The van der Waals surface area contributed by atoms with Crippen molar-refractivity contribution in [3.63, 3.8) is 0 Å². The number of aromatic nitrogens is 4. The Morgan fingerprint density at radius 3 is 2.89 bits per heavy atom. The van der Waals surface area contributed by atoms with Gasteiger partial charge in [0.2, 0.25) is 0 Å². The molecule has 0 amide bonds. The number of hydrogen-bond donors (Lipinski definition) is 1. The summed E-state index contributed by atoms with van der Waals surface area (Å²) in [6.07, 6.45) is 4.20. The first-order valence-electron chi connectivity index (χ1n) is 6.21. The minimum atomic E-state index is -0.877. The molecule has 1 aliphatic carbocycles. The van der Waals surface area contributed by atoms with Crippen LogP contribution in [0.15, 0.2) is 0 Å². The summed E-state index contributed by atoms with van der Waals surface area (Å²) in [7, 11) is 1.51. The Morgan fingerprint density at radius 2 is 2.28 bits per heavy atom. The molecule has 18 heavy (non-hydrogen) atoms. The van der Waals surface area contributed by atoms with Crippen molar-refractivity contribution in [1.82, 2.24) is 20.2 Å². The Bertz CT molecular complexity index is 401. The summed E-state index contributed by atoms with van der Waals surface area (Å²) in [4.78, 5) is 10.7. The molecule has 2 rings (SSSR count). The zero-order valence-electron chi connectivity index (χ0n) is 10.4. The van der Waals surface area contributed by atoms with Gasteiger partial charge >= 0.3 is 5.97 Å². The second-order valence-corrected chi connectivity index (χ2v) is 4.66. The Hall–Kier alpha value is -1.50. The molecule has 0 bridgehead atoms. The smallest absolute Gasteiger partial charge is 0.306 e. The first-order chi connectivity index (χ1) is 8.70.